The predicted molar refractivity (Wildman–Crippen MR) is 68.6 cm³/mol. The fraction of sp³-hybridized carbons (Fsp3) is 1.00. The Morgan fingerprint density at radius 3 is 1.14 bits per heavy atom. The van der Waals surface area contributed by atoms with Gasteiger partial charge in [0.05, 0.1) is 7.85 Å². The summed E-state index contributed by atoms with van der Waals surface area (Å²) in [5.41, 5.74) is 4.00. The van der Waals surface area contributed by atoms with Gasteiger partial charge < -0.3 is 12.0 Å². The maximum absolute atomic E-state index is 4.50. The maximum atomic E-state index is 4.50. The van der Waals surface area contributed by atoms with E-state index in [1.54, 1.807) is 0 Å². The Morgan fingerprint density at radius 1 is 1.00 bits per heavy atom. The number of hydrogen-bond acceptors (Lipinski definition) is 2. The molecule has 0 aromatic carbocycles. The Kier molecular flexibility index (Phi) is 124. The molecule has 0 amide bonds. The van der Waals surface area contributed by atoms with Crippen LogP contribution in [0.15, 0.2) is 0 Å². The van der Waals surface area contributed by atoms with Crippen LogP contribution in [0.4, 0.5) is 0 Å². The first kappa shape index (κ1) is 36.2. The van der Waals surface area contributed by atoms with Gasteiger partial charge in [-0.1, -0.05) is 35.0 Å². The van der Waals surface area contributed by atoms with Crippen LogP contribution in [0.2, 0.25) is 6.82 Å². The van der Waals surface area contributed by atoms with Crippen molar-refractivity contribution in [2.24, 2.45) is 5.64 Å². The molecule has 0 unspecified atom stereocenters. The molecule has 0 atom stereocenters. The molecule has 14 heavy (non-hydrogen) atoms. The Labute approximate surface area is 120 Å². The van der Waals surface area contributed by atoms with Crippen LogP contribution in [0.3, 0.4) is 0 Å². The molecule has 7 radical (unpaired) electrons. The molecule has 0 saturated carbocycles. The van der Waals surface area contributed by atoms with Gasteiger partial charge >= 0.3 is 29.6 Å². The van der Waals surface area contributed by atoms with Gasteiger partial charge in [-0.2, -0.15) is 0 Å². The smallest absolute Gasteiger partial charge is 1.00 e. The molecule has 0 spiro atoms. The minimum absolute atomic E-state index is 0. The zero-order valence-electron chi connectivity index (χ0n) is 10.9. The molecule has 0 heterocycles. The summed E-state index contributed by atoms with van der Waals surface area (Å²) in [6.45, 7) is 11.6. The summed E-state index contributed by atoms with van der Waals surface area (Å²) in [6.07, 6.45) is 0. The minimum atomic E-state index is 0. The second kappa shape index (κ2) is 48.0. The summed E-state index contributed by atoms with van der Waals surface area (Å²) in [5.74, 6) is 0. The molecule has 0 fully saturated rings. The topological polar surface area (TPSA) is 29.3 Å². The van der Waals surface area contributed by atoms with E-state index in [9.17, 15) is 0 Å². The Morgan fingerprint density at radius 2 is 1.14 bits per heavy atom. The van der Waals surface area contributed by atoms with E-state index in [0.29, 0.717) is 0 Å². The summed E-state index contributed by atoms with van der Waals surface area (Å²) in [5, 5.41) is 0. The number of hydrogen-bond donors (Lipinski definition) is 1. The van der Waals surface area contributed by atoms with Crippen LogP contribution in [-0.4, -0.2) is 48.8 Å². The van der Waals surface area contributed by atoms with Crippen molar-refractivity contribution >= 4 is 24.2 Å². The van der Waals surface area contributed by atoms with Gasteiger partial charge in [0.15, 0.2) is 7.98 Å². The van der Waals surface area contributed by atoms with E-state index in [1.165, 1.54) is 26.5 Å². The predicted octanol–water partition coefficient (Wildman–Crippen LogP) is -2.05. The minimum Gasteiger partial charge on any atom is -1.00 e. The van der Waals surface area contributed by atoms with E-state index in [1.807, 2.05) is 0 Å². The molecule has 0 aromatic heterocycles. The molecule has 2 N–H and O–H groups in total. The van der Waals surface area contributed by atoms with Crippen molar-refractivity contribution in [2.45, 2.75) is 35.0 Å². The monoisotopic (exact) mass is 205 g/mol. The SMILES string of the molecule is C.CCN(CC)CC.[B].[B]C.[B]N.[H-].[Na+]. The first-order chi connectivity index (χ1) is 5.35. The zero-order valence-corrected chi connectivity index (χ0v) is 11.9. The standard InChI is InChI=1S/C6H15N.CH3B.CH4.BH2N.B.Na.H/c1-4-7(5-2)6-3;1-2;;1-2;;;/h4-6H2,1-3H3;1H3;1H4;2H2;;;/q;;;;;+1;-1. The van der Waals surface area contributed by atoms with Gasteiger partial charge in [-0.15, -0.1) is 0 Å². The summed E-state index contributed by atoms with van der Waals surface area (Å²) in [6, 6.07) is 0. The Balaban J connectivity index is -0.0000000145. The van der Waals surface area contributed by atoms with Crippen LogP contribution in [0, 0.1) is 0 Å². The van der Waals surface area contributed by atoms with Gasteiger partial charge in [-0.25, -0.2) is 0 Å². The molecular weight excluding hydrogens is 180 g/mol. The second-order valence-corrected chi connectivity index (χ2v) is 1.62. The average Bonchev–Trinajstić information content (AvgIpc) is 2.14. The Hall–Kier alpha value is 1.11. The van der Waals surface area contributed by atoms with Crippen molar-refractivity contribution in [3.05, 3.63) is 0 Å². The Bertz CT molecular complexity index is 49.4. The average molecular weight is 205 g/mol. The van der Waals surface area contributed by atoms with Gasteiger partial charge in [0.25, 0.3) is 0 Å². The van der Waals surface area contributed by atoms with E-state index in [4.69, 9.17) is 0 Å². The summed E-state index contributed by atoms with van der Waals surface area (Å²) in [7, 11) is 8.50. The molecule has 0 rings (SSSR count). The molecule has 0 aromatic rings. The van der Waals surface area contributed by atoms with Crippen molar-refractivity contribution in [2.75, 3.05) is 19.6 Å². The van der Waals surface area contributed by atoms with Gasteiger partial charge in [0, 0.05) is 8.41 Å². The first-order valence-corrected chi connectivity index (χ1v) is 3.98. The summed E-state index contributed by atoms with van der Waals surface area (Å²) in [4.78, 5) is 2.38. The fourth-order valence-electron chi connectivity index (χ4n) is 0.671. The van der Waals surface area contributed by atoms with Crippen molar-refractivity contribution in [1.82, 2.24) is 4.90 Å². The third-order valence-electron chi connectivity index (χ3n) is 1.34. The van der Waals surface area contributed by atoms with Gasteiger partial charge in [0.1, 0.15) is 0 Å². The van der Waals surface area contributed by atoms with Crippen molar-refractivity contribution in [3.8, 4) is 0 Å². The third-order valence-corrected chi connectivity index (χ3v) is 1.34. The molecular formula is C8H25B3N2Na. The molecule has 0 aliphatic heterocycles. The van der Waals surface area contributed by atoms with Crippen molar-refractivity contribution in [3.63, 3.8) is 0 Å². The van der Waals surface area contributed by atoms with Crippen molar-refractivity contribution in [1.29, 1.82) is 0 Å². The van der Waals surface area contributed by atoms with Gasteiger partial charge in [-0.05, 0) is 19.6 Å². The van der Waals surface area contributed by atoms with Crippen LogP contribution >= 0.6 is 0 Å². The van der Waals surface area contributed by atoms with Crippen LogP contribution in [-0.2, 0) is 0 Å². The molecule has 77 valence electrons. The number of nitrogens with zero attached hydrogens (tertiary/aromatic N) is 1. The second-order valence-electron chi connectivity index (χ2n) is 1.62. The number of nitrogens with two attached hydrogens (primary N) is 1. The summed E-state index contributed by atoms with van der Waals surface area (Å²) < 4.78 is 0. The molecule has 0 aliphatic rings. The van der Waals surface area contributed by atoms with E-state index in [0.717, 1.165) is 0 Å². The quantitative estimate of drug-likeness (QED) is 0.537. The molecule has 0 saturated heterocycles. The van der Waals surface area contributed by atoms with E-state index in [-0.39, 0.29) is 46.8 Å². The number of rotatable bonds is 3. The summed E-state index contributed by atoms with van der Waals surface area (Å²) >= 11 is 0. The maximum Gasteiger partial charge on any atom is 1.00 e. The van der Waals surface area contributed by atoms with Gasteiger partial charge in [-0.3, -0.25) is 0 Å². The van der Waals surface area contributed by atoms with Crippen molar-refractivity contribution < 1.29 is 31.0 Å². The first-order valence-electron chi connectivity index (χ1n) is 3.98. The largest absolute Gasteiger partial charge is 1.00 e. The van der Waals surface area contributed by atoms with E-state index < -0.39 is 0 Å². The van der Waals surface area contributed by atoms with Crippen LogP contribution in [0.1, 0.15) is 29.6 Å². The normalized spacial score (nSPS) is 5.86. The van der Waals surface area contributed by atoms with Crippen LogP contribution < -0.4 is 35.2 Å². The van der Waals surface area contributed by atoms with E-state index >= 15 is 0 Å². The van der Waals surface area contributed by atoms with Crippen LogP contribution in [0.5, 0.6) is 0 Å². The van der Waals surface area contributed by atoms with E-state index in [2.05, 4.69) is 47.1 Å². The van der Waals surface area contributed by atoms with Crippen LogP contribution in [0.25, 0.3) is 0 Å². The van der Waals surface area contributed by atoms with Gasteiger partial charge in [0.2, 0.25) is 0 Å². The molecule has 6 heteroatoms. The third kappa shape index (κ3) is 38.0. The molecule has 0 bridgehead atoms. The molecule has 0 aliphatic carbocycles. The zero-order chi connectivity index (χ0) is 9.70. The molecule has 2 nitrogen and oxygen atoms in total. The fourth-order valence-corrected chi connectivity index (χ4v) is 0.671.